The number of carbonyl (C=O) groups excluding carboxylic acids is 2. The van der Waals surface area contributed by atoms with Gasteiger partial charge in [0, 0.05) is 0 Å². The summed E-state index contributed by atoms with van der Waals surface area (Å²) in [5.74, 6) is -0.541. The van der Waals surface area contributed by atoms with Crippen LogP contribution in [-0.2, 0) is 19.0 Å². The van der Waals surface area contributed by atoms with Gasteiger partial charge in [0.05, 0.1) is 7.11 Å². The maximum absolute atomic E-state index is 12.7. The third kappa shape index (κ3) is 3.70. The second-order valence-corrected chi connectivity index (χ2v) is 7.21. The van der Waals surface area contributed by atoms with Gasteiger partial charge in [-0.25, -0.2) is 9.59 Å². The standard InChI is InChI=1S/C18H25NO5/c1-17(2,3)24-16(21)19-13(15(20)22-6)14(23-18(19,4)5)12-10-8-7-9-11-12/h7-11,13-14H,1-6H3/t13-,14+/m0/s1. The van der Waals surface area contributed by atoms with Crippen LogP contribution >= 0.6 is 0 Å². The summed E-state index contributed by atoms with van der Waals surface area (Å²) in [5, 5.41) is 0. The van der Waals surface area contributed by atoms with E-state index < -0.39 is 35.5 Å². The highest BCUT2D eigenvalue weighted by Gasteiger charge is 2.55. The first-order valence-corrected chi connectivity index (χ1v) is 7.90. The molecule has 0 unspecified atom stereocenters. The number of hydrogen-bond donors (Lipinski definition) is 0. The summed E-state index contributed by atoms with van der Waals surface area (Å²) in [5.41, 5.74) is -0.896. The summed E-state index contributed by atoms with van der Waals surface area (Å²) in [7, 11) is 1.29. The molecule has 1 aromatic carbocycles. The molecular weight excluding hydrogens is 310 g/mol. The molecule has 2 rings (SSSR count). The van der Waals surface area contributed by atoms with Gasteiger partial charge in [0.25, 0.3) is 0 Å². The first-order chi connectivity index (χ1) is 11.1. The Balaban J connectivity index is 2.43. The zero-order chi connectivity index (χ0) is 18.1. The molecule has 2 atom stereocenters. The molecular formula is C18H25NO5. The van der Waals surface area contributed by atoms with Gasteiger partial charge < -0.3 is 14.2 Å². The van der Waals surface area contributed by atoms with Crippen LogP contribution < -0.4 is 0 Å². The third-order valence-electron chi connectivity index (χ3n) is 3.72. The van der Waals surface area contributed by atoms with Crippen LogP contribution in [-0.4, -0.2) is 41.4 Å². The molecule has 0 aromatic heterocycles. The Kier molecular flexibility index (Phi) is 4.90. The number of nitrogens with zero attached hydrogens (tertiary/aromatic N) is 1. The quantitative estimate of drug-likeness (QED) is 0.776. The minimum atomic E-state index is -1.01. The van der Waals surface area contributed by atoms with Gasteiger partial charge in [-0.2, -0.15) is 0 Å². The molecule has 1 saturated heterocycles. The number of rotatable bonds is 2. The fraction of sp³-hybridized carbons (Fsp3) is 0.556. The van der Waals surface area contributed by atoms with Crippen LogP contribution in [0.1, 0.15) is 46.3 Å². The first-order valence-electron chi connectivity index (χ1n) is 7.90. The highest BCUT2D eigenvalue weighted by atomic mass is 16.6. The monoisotopic (exact) mass is 335 g/mol. The van der Waals surface area contributed by atoms with Crippen molar-refractivity contribution in [1.82, 2.24) is 4.90 Å². The lowest BCUT2D eigenvalue weighted by molar-refractivity contribution is -0.147. The molecule has 0 spiro atoms. The van der Waals surface area contributed by atoms with Crippen molar-refractivity contribution in [2.24, 2.45) is 0 Å². The molecule has 0 N–H and O–H groups in total. The molecule has 132 valence electrons. The number of carbonyl (C=O) groups is 2. The van der Waals surface area contributed by atoms with Crippen LogP contribution in [0.15, 0.2) is 30.3 Å². The Bertz CT molecular complexity index is 606. The molecule has 6 nitrogen and oxygen atoms in total. The molecule has 1 aliphatic rings. The topological polar surface area (TPSA) is 65.1 Å². The Morgan fingerprint density at radius 1 is 1.17 bits per heavy atom. The van der Waals surface area contributed by atoms with Crippen molar-refractivity contribution in [3.8, 4) is 0 Å². The maximum Gasteiger partial charge on any atom is 0.413 e. The Morgan fingerprint density at radius 2 is 1.75 bits per heavy atom. The van der Waals surface area contributed by atoms with E-state index in [0.29, 0.717) is 0 Å². The van der Waals surface area contributed by atoms with Crippen LogP contribution in [0.2, 0.25) is 0 Å². The lowest BCUT2D eigenvalue weighted by Gasteiger charge is -2.34. The van der Waals surface area contributed by atoms with Crippen molar-refractivity contribution < 1.29 is 23.8 Å². The fourth-order valence-electron chi connectivity index (χ4n) is 2.79. The summed E-state index contributed by atoms with van der Waals surface area (Å²) in [6, 6.07) is 8.39. The number of esters is 1. The predicted octanol–water partition coefficient (Wildman–Crippen LogP) is 3.27. The SMILES string of the molecule is COC(=O)[C@@H]1[C@@H](c2ccccc2)OC(C)(C)N1C(=O)OC(C)(C)C. The lowest BCUT2D eigenvalue weighted by Crippen LogP contribution is -2.52. The van der Waals surface area contributed by atoms with Crippen LogP contribution in [0.25, 0.3) is 0 Å². The van der Waals surface area contributed by atoms with Crippen molar-refractivity contribution in [3.05, 3.63) is 35.9 Å². The smallest absolute Gasteiger partial charge is 0.413 e. The van der Waals surface area contributed by atoms with Crippen molar-refractivity contribution in [2.75, 3.05) is 7.11 Å². The number of benzene rings is 1. The maximum atomic E-state index is 12.7. The molecule has 0 saturated carbocycles. The molecule has 0 aliphatic carbocycles. The van der Waals surface area contributed by atoms with Gasteiger partial charge in [-0.3, -0.25) is 4.90 Å². The van der Waals surface area contributed by atoms with E-state index in [1.165, 1.54) is 12.0 Å². The molecule has 24 heavy (non-hydrogen) atoms. The zero-order valence-corrected chi connectivity index (χ0v) is 15.0. The van der Waals surface area contributed by atoms with Gasteiger partial charge in [-0.1, -0.05) is 30.3 Å². The van der Waals surface area contributed by atoms with Gasteiger partial charge in [0.2, 0.25) is 0 Å². The highest BCUT2D eigenvalue weighted by Crippen LogP contribution is 2.42. The van der Waals surface area contributed by atoms with Gasteiger partial charge in [-0.05, 0) is 40.2 Å². The molecule has 1 aliphatic heterocycles. The summed E-state index contributed by atoms with van der Waals surface area (Å²) < 4.78 is 16.4. The average Bonchev–Trinajstić information content (AvgIpc) is 2.77. The summed E-state index contributed by atoms with van der Waals surface area (Å²) in [4.78, 5) is 26.4. The van der Waals surface area contributed by atoms with Gasteiger partial charge in [-0.15, -0.1) is 0 Å². The predicted molar refractivity (Wildman–Crippen MR) is 88.2 cm³/mol. The van der Waals surface area contributed by atoms with E-state index in [-0.39, 0.29) is 0 Å². The van der Waals surface area contributed by atoms with Gasteiger partial charge in [0.15, 0.2) is 6.04 Å². The second kappa shape index (κ2) is 6.43. The molecule has 1 amide bonds. The summed E-state index contributed by atoms with van der Waals surface area (Å²) in [6.45, 7) is 8.79. The van der Waals surface area contributed by atoms with Crippen LogP contribution in [0.4, 0.5) is 4.79 Å². The van der Waals surface area contributed by atoms with Gasteiger partial charge in [0.1, 0.15) is 17.4 Å². The third-order valence-corrected chi connectivity index (χ3v) is 3.72. The number of ether oxygens (including phenoxy) is 3. The average molecular weight is 335 g/mol. The Hall–Kier alpha value is -2.08. The fourth-order valence-corrected chi connectivity index (χ4v) is 2.79. The Morgan fingerprint density at radius 3 is 2.25 bits per heavy atom. The highest BCUT2D eigenvalue weighted by molar-refractivity contribution is 5.83. The van der Waals surface area contributed by atoms with Crippen molar-refractivity contribution >= 4 is 12.1 Å². The molecule has 1 aromatic rings. The van der Waals surface area contributed by atoms with E-state index in [2.05, 4.69) is 0 Å². The largest absolute Gasteiger partial charge is 0.467 e. The minimum Gasteiger partial charge on any atom is -0.467 e. The molecule has 0 radical (unpaired) electrons. The molecule has 6 heteroatoms. The van der Waals surface area contributed by atoms with E-state index >= 15 is 0 Å². The summed E-state index contributed by atoms with van der Waals surface area (Å²) in [6.07, 6.45) is -1.23. The van der Waals surface area contributed by atoms with E-state index in [1.54, 1.807) is 34.6 Å². The molecule has 1 heterocycles. The van der Waals surface area contributed by atoms with E-state index in [4.69, 9.17) is 14.2 Å². The van der Waals surface area contributed by atoms with E-state index in [9.17, 15) is 9.59 Å². The minimum absolute atomic E-state index is 0.541. The number of methoxy groups -OCH3 is 1. The number of amides is 1. The van der Waals surface area contributed by atoms with Crippen LogP contribution in [0, 0.1) is 0 Å². The van der Waals surface area contributed by atoms with Crippen LogP contribution in [0.5, 0.6) is 0 Å². The molecule has 0 bridgehead atoms. The van der Waals surface area contributed by atoms with E-state index in [0.717, 1.165) is 5.56 Å². The van der Waals surface area contributed by atoms with Gasteiger partial charge >= 0.3 is 12.1 Å². The van der Waals surface area contributed by atoms with Crippen molar-refractivity contribution in [2.45, 2.75) is 58.1 Å². The number of hydrogen-bond acceptors (Lipinski definition) is 5. The van der Waals surface area contributed by atoms with Crippen molar-refractivity contribution in [3.63, 3.8) is 0 Å². The van der Waals surface area contributed by atoms with E-state index in [1.807, 2.05) is 30.3 Å². The zero-order valence-electron chi connectivity index (χ0n) is 15.0. The normalized spacial score (nSPS) is 23.0. The van der Waals surface area contributed by atoms with Crippen LogP contribution in [0.3, 0.4) is 0 Å². The van der Waals surface area contributed by atoms with Crippen molar-refractivity contribution in [1.29, 1.82) is 0 Å². The summed E-state index contributed by atoms with van der Waals surface area (Å²) >= 11 is 0. The lowest BCUT2D eigenvalue weighted by atomic mass is 10.0. The Labute approximate surface area is 142 Å². The first kappa shape index (κ1) is 18.3. The molecule has 1 fully saturated rings. The second-order valence-electron chi connectivity index (χ2n) is 7.21.